The zero-order valence-electron chi connectivity index (χ0n) is 13.5. The van der Waals surface area contributed by atoms with E-state index in [0.717, 1.165) is 38.5 Å². The summed E-state index contributed by atoms with van der Waals surface area (Å²) >= 11 is 5.77. The maximum absolute atomic E-state index is 13.3. The van der Waals surface area contributed by atoms with Crippen LogP contribution in [0.25, 0.3) is 0 Å². The molecule has 2 fully saturated rings. The Bertz CT molecular complexity index is 598. The third-order valence-corrected chi connectivity index (χ3v) is 4.99. The van der Waals surface area contributed by atoms with Crippen LogP contribution in [0.4, 0.5) is 4.39 Å². The number of halogens is 2. The molecule has 0 aromatic heterocycles. The molecule has 0 saturated heterocycles. The Morgan fingerprint density at radius 1 is 1.17 bits per heavy atom. The maximum Gasteiger partial charge on any atom is 0.247 e. The minimum Gasteiger partial charge on any atom is -0.351 e. The van der Waals surface area contributed by atoms with E-state index in [4.69, 9.17) is 11.6 Å². The fourth-order valence-electron chi connectivity index (χ4n) is 3.41. The molecule has 0 spiro atoms. The average molecular weight is 353 g/mol. The summed E-state index contributed by atoms with van der Waals surface area (Å²) < 4.78 is 13.3. The lowest BCUT2D eigenvalue weighted by molar-refractivity contribution is -0.140. The van der Waals surface area contributed by atoms with E-state index in [1.165, 1.54) is 12.1 Å². The zero-order chi connectivity index (χ0) is 17.1. The summed E-state index contributed by atoms with van der Waals surface area (Å²) in [6, 6.07) is 5.25. The third kappa shape index (κ3) is 3.89. The van der Waals surface area contributed by atoms with Crippen LogP contribution in [0.5, 0.6) is 0 Å². The first-order valence-corrected chi connectivity index (χ1v) is 9.06. The van der Waals surface area contributed by atoms with Gasteiger partial charge in [0.25, 0.3) is 0 Å². The van der Waals surface area contributed by atoms with E-state index in [1.807, 2.05) is 0 Å². The van der Waals surface area contributed by atoms with E-state index in [1.54, 1.807) is 17.0 Å². The van der Waals surface area contributed by atoms with Crippen molar-refractivity contribution in [3.63, 3.8) is 0 Å². The molecule has 0 radical (unpaired) electrons. The summed E-state index contributed by atoms with van der Waals surface area (Å²) in [6.07, 6.45) is 5.90. The molecule has 0 aliphatic heterocycles. The lowest BCUT2D eigenvalue weighted by atomic mass is 10.0. The van der Waals surface area contributed by atoms with Crippen LogP contribution in [0, 0.1) is 5.82 Å². The summed E-state index contributed by atoms with van der Waals surface area (Å²) in [5, 5.41) is 3.06. The second-order valence-corrected chi connectivity index (χ2v) is 6.88. The molecule has 6 heteroatoms. The van der Waals surface area contributed by atoms with Gasteiger partial charge >= 0.3 is 0 Å². The highest BCUT2D eigenvalue weighted by atomic mass is 35.5. The molecule has 130 valence electrons. The van der Waals surface area contributed by atoms with E-state index in [0.29, 0.717) is 5.56 Å². The highest BCUT2D eigenvalue weighted by molar-refractivity contribution is 6.27. The number of amides is 2. The van der Waals surface area contributed by atoms with E-state index >= 15 is 0 Å². The molecular weight excluding hydrogens is 331 g/mol. The Labute approximate surface area is 146 Å². The van der Waals surface area contributed by atoms with Gasteiger partial charge in [-0.2, -0.15) is 0 Å². The summed E-state index contributed by atoms with van der Waals surface area (Å²) in [5.41, 5.74) is 0.622. The van der Waals surface area contributed by atoms with Crippen molar-refractivity contribution >= 4 is 23.4 Å². The molecule has 1 atom stereocenters. The van der Waals surface area contributed by atoms with Crippen molar-refractivity contribution < 1.29 is 14.0 Å². The second kappa shape index (κ2) is 7.51. The van der Waals surface area contributed by atoms with Crippen LogP contribution in [0.15, 0.2) is 24.3 Å². The van der Waals surface area contributed by atoms with Crippen molar-refractivity contribution in [2.45, 2.75) is 56.7 Å². The zero-order valence-corrected chi connectivity index (χ0v) is 14.3. The van der Waals surface area contributed by atoms with Gasteiger partial charge in [-0.15, -0.1) is 11.6 Å². The van der Waals surface area contributed by atoms with Gasteiger partial charge in [-0.1, -0.05) is 25.0 Å². The lowest BCUT2D eigenvalue weighted by Crippen LogP contribution is -2.47. The fraction of sp³-hybridized carbons (Fsp3) is 0.556. The molecule has 0 bridgehead atoms. The predicted molar refractivity (Wildman–Crippen MR) is 90.1 cm³/mol. The van der Waals surface area contributed by atoms with Gasteiger partial charge in [0, 0.05) is 12.1 Å². The highest BCUT2D eigenvalue weighted by Crippen LogP contribution is 2.35. The van der Waals surface area contributed by atoms with Gasteiger partial charge in [0.15, 0.2) is 0 Å². The van der Waals surface area contributed by atoms with Crippen LogP contribution in [0.3, 0.4) is 0 Å². The van der Waals surface area contributed by atoms with Crippen molar-refractivity contribution in [2.24, 2.45) is 0 Å². The number of hydrogen-bond donors (Lipinski definition) is 1. The number of benzene rings is 1. The Kier molecular flexibility index (Phi) is 5.39. The standard InChI is InChI=1S/C18H22ClFN2O2/c19-11-16(23)22(15-9-10-15)17(12-5-7-13(20)8-6-12)18(24)21-14-3-1-2-4-14/h5-8,14-15,17H,1-4,9-11H2,(H,21,24)/t17-/m0/s1. The number of carbonyl (C=O) groups is 2. The van der Waals surface area contributed by atoms with Crippen molar-refractivity contribution in [2.75, 3.05) is 5.88 Å². The van der Waals surface area contributed by atoms with Gasteiger partial charge in [-0.05, 0) is 43.4 Å². The molecular formula is C18H22ClFN2O2. The molecule has 2 aliphatic carbocycles. The molecule has 0 unspecified atom stereocenters. The molecule has 1 aromatic rings. The summed E-state index contributed by atoms with van der Waals surface area (Å²) in [4.78, 5) is 26.9. The van der Waals surface area contributed by atoms with Crippen molar-refractivity contribution in [3.8, 4) is 0 Å². The molecule has 2 saturated carbocycles. The Morgan fingerprint density at radius 2 is 1.79 bits per heavy atom. The topological polar surface area (TPSA) is 49.4 Å². The van der Waals surface area contributed by atoms with Crippen LogP contribution in [-0.2, 0) is 9.59 Å². The number of alkyl halides is 1. The molecule has 4 nitrogen and oxygen atoms in total. The molecule has 3 rings (SSSR count). The first kappa shape index (κ1) is 17.2. The van der Waals surface area contributed by atoms with E-state index in [9.17, 15) is 14.0 Å². The minimum absolute atomic E-state index is 0.0423. The van der Waals surface area contributed by atoms with Crippen LogP contribution >= 0.6 is 11.6 Å². The van der Waals surface area contributed by atoms with Gasteiger partial charge in [0.2, 0.25) is 11.8 Å². The first-order valence-electron chi connectivity index (χ1n) is 8.53. The SMILES string of the molecule is O=C(NC1CCCC1)[C@H](c1ccc(F)cc1)N(C(=O)CCl)C1CC1. The normalized spacial score (nSPS) is 19.1. The Morgan fingerprint density at radius 3 is 2.33 bits per heavy atom. The third-order valence-electron chi connectivity index (χ3n) is 4.76. The quantitative estimate of drug-likeness (QED) is 0.799. The Balaban J connectivity index is 1.88. The van der Waals surface area contributed by atoms with Crippen LogP contribution < -0.4 is 5.32 Å². The highest BCUT2D eigenvalue weighted by Gasteiger charge is 2.41. The largest absolute Gasteiger partial charge is 0.351 e. The number of hydrogen-bond acceptors (Lipinski definition) is 2. The van der Waals surface area contributed by atoms with Gasteiger partial charge in [-0.25, -0.2) is 4.39 Å². The van der Waals surface area contributed by atoms with Crippen LogP contribution in [0.2, 0.25) is 0 Å². The van der Waals surface area contributed by atoms with E-state index < -0.39 is 6.04 Å². The second-order valence-electron chi connectivity index (χ2n) is 6.61. The minimum atomic E-state index is -0.745. The number of rotatable bonds is 6. The Hall–Kier alpha value is -1.62. The number of nitrogens with zero attached hydrogens (tertiary/aromatic N) is 1. The summed E-state index contributed by atoms with van der Waals surface area (Å²) in [5.74, 6) is -0.977. The van der Waals surface area contributed by atoms with Gasteiger partial charge in [-0.3, -0.25) is 9.59 Å². The van der Waals surface area contributed by atoms with Gasteiger partial charge < -0.3 is 10.2 Å². The maximum atomic E-state index is 13.3. The monoisotopic (exact) mass is 352 g/mol. The lowest BCUT2D eigenvalue weighted by Gasteiger charge is -2.32. The average Bonchev–Trinajstić information content (AvgIpc) is 3.29. The van der Waals surface area contributed by atoms with Crippen LogP contribution in [0.1, 0.15) is 50.1 Å². The summed E-state index contributed by atoms with van der Waals surface area (Å²) in [6.45, 7) is 0. The summed E-state index contributed by atoms with van der Waals surface area (Å²) in [7, 11) is 0. The first-order chi connectivity index (χ1) is 11.6. The molecule has 24 heavy (non-hydrogen) atoms. The number of nitrogens with one attached hydrogen (secondary N) is 1. The number of carbonyl (C=O) groups excluding carboxylic acids is 2. The molecule has 1 aromatic carbocycles. The van der Waals surface area contributed by atoms with E-state index in [-0.39, 0.29) is 35.6 Å². The van der Waals surface area contributed by atoms with Crippen molar-refractivity contribution in [1.29, 1.82) is 0 Å². The molecule has 1 N–H and O–H groups in total. The van der Waals surface area contributed by atoms with Gasteiger partial charge in [0.1, 0.15) is 17.7 Å². The fourth-order valence-corrected chi connectivity index (χ4v) is 3.55. The van der Waals surface area contributed by atoms with Gasteiger partial charge in [0.05, 0.1) is 0 Å². The molecule has 2 aliphatic rings. The van der Waals surface area contributed by atoms with Crippen molar-refractivity contribution in [1.82, 2.24) is 10.2 Å². The molecule has 0 heterocycles. The van der Waals surface area contributed by atoms with Crippen molar-refractivity contribution in [3.05, 3.63) is 35.6 Å². The predicted octanol–water partition coefficient (Wildman–Crippen LogP) is 3.16. The smallest absolute Gasteiger partial charge is 0.247 e. The van der Waals surface area contributed by atoms with Crippen LogP contribution in [-0.4, -0.2) is 34.7 Å². The molecule has 2 amide bonds. The van der Waals surface area contributed by atoms with E-state index in [2.05, 4.69) is 5.32 Å².